The number of aromatic nitrogens is 2. The van der Waals surface area contributed by atoms with Crippen LogP contribution in [0, 0.1) is 6.82 Å². The zero-order chi connectivity index (χ0) is 15.9. The van der Waals surface area contributed by atoms with E-state index in [1.807, 2.05) is 0 Å². The minimum Gasteiger partial charge on any atom is -1.00 e. The number of imidazole rings is 1. The van der Waals surface area contributed by atoms with E-state index in [4.69, 9.17) is 0 Å². The van der Waals surface area contributed by atoms with E-state index in [-0.39, 0.29) is 45.2 Å². The zero-order valence-corrected chi connectivity index (χ0v) is 18.4. The molecule has 1 rings (SSSR count). The molecule has 0 aliphatic carbocycles. The Morgan fingerprint density at radius 3 is 2.00 bits per heavy atom. The molecule has 0 saturated carbocycles. The Morgan fingerprint density at radius 1 is 1.05 bits per heavy atom. The zero-order valence-electron chi connectivity index (χ0n) is 17.4. The van der Waals surface area contributed by atoms with Crippen molar-refractivity contribution in [3.8, 4) is 0 Å². The van der Waals surface area contributed by atoms with Crippen molar-refractivity contribution in [3.05, 3.63) is 25.5 Å². The molecule has 0 amide bonds. The quantitative estimate of drug-likeness (QED) is 0.346. The molecule has 0 spiro atoms. The van der Waals surface area contributed by atoms with Gasteiger partial charge in [0, 0.05) is 0 Å². The van der Waals surface area contributed by atoms with Gasteiger partial charge in [0.2, 0.25) is 0 Å². The van der Waals surface area contributed by atoms with Crippen molar-refractivity contribution in [1.82, 2.24) is 4.48 Å². The average molecular weight is 316 g/mol. The molecule has 5 heteroatoms. The van der Waals surface area contributed by atoms with E-state index in [0.29, 0.717) is 0 Å². The van der Waals surface area contributed by atoms with Crippen LogP contribution in [0.2, 0.25) is 13.1 Å². The molecule has 1 atom stereocenters. The summed E-state index contributed by atoms with van der Waals surface area (Å²) in [6.45, 7) is 12.9. The molecule has 1 heterocycles. The topological polar surface area (TPSA) is 8.81 Å². The van der Waals surface area contributed by atoms with Gasteiger partial charge in [0.15, 0.2) is 13.7 Å². The molecule has 0 aliphatic rings. The van der Waals surface area contributed by atoms with Gasteiger partial charge in [-0.1, -0.05) is 85.3 Å². The van der Waals surface area contributed by atoms with Crippen molar-refractivity contribution in [2.24, 2.45) is 0 Å². The molecule has 2 nitrogen and oxygen atoms in total. The molecule has 0 radical (unpaired) electrons. The second kappa shape index (κ2) is 17.6. The fourth-order valence-corrected chi connectivity index (χ4v) is 2.61. The molecule has 124 valence electrons. The first-order valence-corrected chi connectivity index (χ1v) is 9.75. The summed E-state index contributed by atoms with van der Waals surface area (Å²) in [6, 6.07) is 0. The van der Waals surface area contributed by atoms with Crippen LogP contribution in [-0.4, -0.2) is 18.7 Å². The van der Waals surface area contributed by atoms with E-state index < -0.39 is 0 Å². The Labute approximate surface area is 164 Å². The van der Waals surface area contributed by atoms with Crippen LogP contribution in [0.1, 0.15) is 73.6 Å². The van der Waals surface area contributed by atoms with Gasteiger partial charge in [-0.2, -0.15) is 6.82 Å². The van der Waals surface area contributed by atoms with E-state index in [1.54, 1.807) is 0 Å². The largest absolute Gasteiger partial charge is 1.00 e. The van der Waals surface area contributed by atoms with Crippen LogP contribution in [0.5, 0.6) is 0 Å². The Balaban J connectivity index is -0.000000353. The first-order valence-electron chi connectivity index (χ1n) is 9.75. The number of hydrogen-bond acceptors (Lipinski definition) is 0. The Morgan fingerprint density at radius 2 is 1.59 bits per heavy atom. The second-order valence-electron chi connectivity index (χ2n) is 6.46. The molecule has 1 unspecified atom stereocenters. The van der Waals surface area contributed by atoms with Gasteiger partial charge in [0.05, 0.1) is 12.4 Å². The van der Waals surface area contributed by atoms with Gasteiger partial charge in [-0.15, -0.1) is 0 Å². The molecule has 0 N–H and O–H groups in total. The molecule has 1 aromatic rings. The normalized spacial score (nSPS) is 11.3. The van der Waals surface area contributed by atoms with Crippen LogP contribution >= 0.6 is 0 Å². The van der Waals surface area contributed by atoms with Crippen molar-refractivity contribution in [3.63, 3.8) is 0 Å². The standard InChI is InChI=1S/C9H20B2N2.C8H18.Na.H/c1-4-5-6-11(3)13-8-7-12(9-13)10-2;1-3-5-7-8-6-4-2;;/h7-9,11H,3-6,10H2,1-2H3;3-8H2,1-2H3;;/q;;+1;-1. The van der Waals surface area contributed by atoms with E-state index in [9.17, 15) is 0 Å². The fraction of sp³-hybridized carbons (Fsp3) is 0.765. The summed E-state index contributed by atoms with van der Waals surface area (Å²) < 4.78 is 4.62. The van der Waals surface area contributed by atoms with Gasteiger partial charge in [-0.3, -0.25) is 0 Å². The van der Waals surface area contributed by atoms with E-state index >= 15 is 0 Å². The monoisotopic (exact) mass is 316 g/mol. The van der Waals surface area contributed by atoms with Gasteiger partial charge in [0.1, 0.15) is 0 Å². The molecule has 0 bridgehead atoms. The van der Waals surface area contributed by atoms with Crippen LogP contribution in [-0.2, 0) is 0 Å². The smallest absolute Gasteiger partial charge is 1.00 e. The van der Waals surface area contributed by atoms with Gasteiger partial charge < -0.3 is 10.4 Å². The third-order valence-electron chi connectivity index (χ3n) is 4.33. The molecular weight excluding hydrogens is 277 g/mol. The predicted octanol–water partition coefficient (Wildman–Crippen LogP) is 0.984. The first kappa shape index (κ1) is 24.5. The molecule has 0 saturated heterocycles. The Kier molecular flexibility index (Phi) is 19.5. The van der Waals surface area contributed by atoms with E-state index in [0.717, 1.165) is 0 Å². The van der Waals surface area contributed by atoms with Crippen LogP contribution in [0.15, 0.2) is 18.7 Å². The summed E-state index contributed by atoms with van der Waals surface area (Å²) in [5, 5.41) is 0. The third-order valence-corrected chi connectivity index (χ3v) is 4.33. The summed E-state index contributed by atoms with van der Waals surface area (Å²) in [5.74, 6) is 0. The summed E-state index contributed by atoms with van der Waals surface area (Å²) in [6.07, 6.45) is 18.9. The minimum absolute atomic E-state index is 0. The number of nitrogens with zero attached hydrogens (tertiary/aromatic N) is 2. The molecule has 22 heavy (non-hydrogen) atoms. The summed E-state index contributed by atoms with van der Waals surface area (Å²) in [7, 11) is 0.0530. The van der Waals surface area contributed by atoms with E-state index in [1.165, 1.54) is 57.7 Å². The molecule has 1 aromatic heterocycles. The Bertz CT molecular complexity index is 332. The second-order valence-corrected chi connectivity index (χ2v) is 6.46. The first-order chi connectivity index (χ1) is 10.2. The molecule has 0 aliphatic heterocycles. The van der Waals surface area contributed by atoms with Crippen molar-refractivity contribution >= 4 is 14.3 Å². The van der Waals surface area contributed by atoms with E-state index in [2.05, 4.69) is 62.1 Å². The molecule has 0 fully saturated rings. The van der Waals surface area contributed by atoms with Crippen LogP contribution < -0.4 is 34.0 Å². The van der Waals surface area contributed by atoms with Crippen LogP contribution in [0.25, 0.3) is 0 Å². The van der Waals surface area contributed by atoms with Crippen molar-refractivity contribution in [2.75, 3.05) is 0 Å². The van der Waals surface area contributed by atoms with Gasteiger partial charge in [-0.05, 0) is 0 Å². The molecule has 0 aromatic carbocycles. The number of hydrogen-bond donors (Lipinski definition) is 0. The third kappa shape index (κ3) is 12.7. The predicted molar refractivity (Wildman–Crippen MR) is 102 cm³/mol. The Hall–Kier alpha value is 0.210. The van der Waals surface area contributed by atoms with Gasteiger partial charge in [-0.25, -0.2) is 0 Å². The maximum atomic E-state index is 4.24. The van der Waals surface area contributed by atoms with Crippen LogP contribution in [0.4, 0.5) is 0 Å². The summed E-state index contributed by atoms with van der Waals surface area (Å²) in [4.78, 5) is 0. The number of rotatable bonds is 10. The van der Waals surface area contributed by atoms with Crippen LogP contribution in [0.3, 0.4) is 0 Å². The SMILES string of the molecule is CCCCCCCC.[CH2+][BH-](CCCC)n1cc[n+]([BH2-]C)c1.[H-].[Na+]. The van der Waals surface area contributed by atoms with Crippen molar-refractivity contribution in [2.45, 2.75) is 85.3 Å². The summed E-state index contributed by atoms with van der Waals surface area (Å²) in [5.41, 5.74) is 0. The molecular formula is C17H39B2N2Na. The van der Waals surface area contributed by atoms with Crippen molar-refractivity contribution < 1.29 is 35.5 Å². The van der Waals surface area contributed by atoms with Gasteiger partial charge >= 0.3 is 36.4 Å². The minimum atomic E-state index is -0.377. The number of unbranched alkanes of at least 4 members (excludes halogenated alkanes) is 6. The fourth-order valence-electron chi connectivity index (χ4n) is 2.61. The maximum Gasteiger partial charge on any atom is 1.00 e. The van der Waals surface area contributed by atoms with Crippen molar-refractivity contribution in [1.29, 1.82) is 0 Å². The summed E-state index contributed by atoms with van der Waals surface area (Å²) >= 11 is 0. The average Bonchev–Trinajstić information content (AvgIpc) is 2.99. The van der Waals surface area contributed by atoms with Gasteiger partial charge in [0.25, 0.3) is 0 Å². The maximum absolute atomic E-state index is 4.24.